The first-order valence-electron chi connectivity index (χ1n) is 6.42. The van der Waals surface area contributed by atoms with Crippen LogP contribution in [0.5, 0.6) is 0 Å². The molecule has 3 rings (SSSR count). The first kappa shape index (κ1) is 10.6. The lowest BCUT2D eigenvalue weighted by atomic mass is 9.78. The molecule has 1 atom stereocenters. The Morgan fingerprint density at radius 2 is 2.18 bits per heavy atom. The molecule has 3 heteroatoms. The van der Waals surface area contributed by atoms with Crippen molar-refractivity contribution in [1.82, 2.24) is 10.6 Å². The molecule has 1 aromatic carbocycles. The van der Waals surface area contributed by atoms with Crippen molar-refractivity contribution in [3.8, 4) is 0 Å². The van der Waals surface area contributed by atoms with E-state index in [9.17, 15) is 0 Å². The van der Waals surface area contributed by atoms with E-state index in [4.69, 9.17) is 0 Å². The van der Waals surface area contributed by atoms with Gasteiger partial charge in [-0.2, -0.15) is 0 Å². The van der Waals surface area contributed by atoms with Crippen molar-refractivity contribution < 1.29 is 0 Å². The average Bonchev–Trinajstić information content (AvgIpc) is 3.12. The van der Waals surface area contributed by atoms with Gasteiger partial charge in [-0.05, 0) is 30.4 Å². The van der Waals surface area contributed by atoms with Gasteiger partial charge >= 0.3 is 0 Å². The van der Waals surface area contributed by atoms with Gasteiger partial charge in [-0.25, -0.2) is 0 Å². The highest BCUT2D eigenvalue weighted by Gasteiger charge is 2.26. The fourth-order valence-electron chi connectivity index (χ4n) is 2.38. The summed E-state index contributed by atoms with van der Waals surface area (Å²) in [6, 6.07) is 9.37. The molecule has 0 aliphatic heterocycles. The Kier molecular flexibility index (Phi) is 2.75. The summed E-state index contributed by atoms with van der Waals surface area (Å²) in [5, 5.41) is 6.83. The van der Waals surface area contributed by atoms with Crippen LogP contribution in [0.3, 0.4) is 0 Å². The molecule has 0 spiro atoms. The van der Waals surface area contributed by atoms with Crippen LogP contribution in [-0.2, 0) is 6.42 Å². The van der Waals surface area contributed by atoms with Gasteiger partial charge in [0.25, 0.3) is 0 Å². The van der Waals surface area contributed by atoms with Crippen molar-refractivity contribution in [2.45, 2.75) is 31.2 Å². The maximum atomic E-state index is 4.25. The van der Waals surface area contributed by atoms with E-state index in [-0.39, 0.29) is 0 Å². The Bertz CT molecular complexity index is 435. The smallest absolute Gasteiger partial charge is 0.191 e. The zero-order chi connectivity index (χ0) is 11.7. The second kappa shape index (κ2) is 4.40. The van der Waals surface area contributed by atoms with Crippen LogP contribution in [0.4, 0.5) is 0 Å². The third-order valence-corrected chi connectivity index (χ3v) is 3.62. The molecule has 0 amide bonds. The standard InChI is InChI=1S/C14H19N3/c1-15-14(17-12-6-7-12)16-9-11-8-10-4-2-3-5-13(10)11/h2-5,11-12H,6-9H2,1H3,(H2,15,16,17). The molecule has 3 nitrogen and oxygen atoms in total. The minimum atomic E-state index is 0.656. The van der Waals surface area contributed by atoms with Crippen molar-refractivity contribution in [3.63, 3.8) is 0 Å². The Morgan fingerprint density at radius 3 is 2.88 bits per heavy atom. The molecule has 1 unspecified atom stereocenters. The maximum Gasteiger partial charge on any atom is 0.191 e. The summed E-state index contributed by atoms with van der Waals surface area (Å²) >= 11 is 0. The normalized spacial score (nSPS) is 22.6. The fourth-order valence-corrected chi connectivity index (χ4v) is 2.38. The summed E-state index contributed by atoms with van der Waals surface area (Å²) in [6.45, 7) is 0.989. The number of nitrogens with one attached hydrogen (secondary N) is 2. The van der Waals surface area contributed by atoms with E-state index in [1.54, 1.807) is 0 Å². The molecule has 0 heterocycles. The van der Waals surface area contributed by atoms with E-state index in [1.807, 2.05) is 7.05 Å². The molecule has 0 bridgehead atoms. The van der Waals surface area contributed by atoms with Crippen LogP contribution in [0.1, 0.15) is 29.9 Å². The van der Waals surface area contributed by atoms with E-state index >= 15 is 0 Å². The number of rotatable bonds is 3. The lowest BCUT2D eigenvalue weighted by Gasteiger charge is -2.30. The van der Waals surface area contributed by atoms with Crippen molar-refractivity contribution in [1.29, 1.82) is 0 Å². The summed E-state index contributed by atoms with van der Waals surface area (Å²) in [4.78, 5) is 4.25. The van der Waals surface area contributed by atoms with Gasteiger partial charge < -0.3 is 10.6 Å². The summed E-state index contributed by atoms with van der Waals surface area (Å²) in [7, 11) is 1.84. The number of hydrogen-bond donors (Lipinski definition) is 2. The molecular weight excluding hydrogens is 210 g/mol. The molecule has 1 aromatic rings. The molecule has 1 saturated carbocycles. The second-order valence-electron chi connectivity index (χ2n) is 4.97. The number of guanidine groups is 1. The quantitative estimate of drug-likeness (QED) is 0.611. The lowest BCUT2D eigenvalue weighted by Crippen LogP contribution is -2.42. The number of aliphatic imine (C=N–C) groups is 1. The topological polar surface area (TPSA) is 36.4 Å². The van der Waals surface area contributed by atoms with Gasteiger partial charge in [0.1, 0.15) is 0 Å². The minimum absolute atomic E-state index is 0.656. The van der Waals surface area contributed by atoms with Crippen LogP contribution in [0.2, 0.25) is 0 Å². The Morgan fingerprint density at radius 1 is 1.35 bits per heavy atom. The summed E-state index contributed by atoms with van der Waals surface area (Å²) < 4.78 is 0. The van der Waals surface area contributed by atoms with Crippen LogP contribution in [0, 0.1) is 0 Å². The maximum absolute atomic E-state index is 4.25. The Balaban J connectivity index is 1.52. The van der Waals surface area contributed by atoms with Gasteiger partial charge in [-0.3, -0.25) is 4.99 Å². The highest BCUT2D eigenvalue weighted by Crippen LogP contribution is 2.33. The zero-order valence-corrected chi connectivity index (χ0v) is 10.2. The molecule has 2 N–H and O–H groups in total. The van der Waals surface area contributed by atoms with Gasteiger partial charge in [0, 0.05) is 25.6 Å². The highest BCUT2D eigenvalue weighted by molar-refractivity contribution is 5.80. The summed E-state index contributed by atoms with van der Waals surface area (Å²) in [6.07, 6.45) is 3.77. The van der Waals surface area contributed by atoms with Crippen LogP contribution < -0.4 is 10.6 Å². The van der Waals surface area contributed by atoms with Crippen LogP contribution in [0.15, 0.2) is 29.3 Å². The van der Waals surface area contributed by atoms with E-state index in [0.29, 0.717) is 12.0 Å². The Labute approximate surface area is 102 Å². The Hall–Kier alpha value is -1.51. The molecular formula is C14H19N3. The summed E-state index contributed by atoms with van der Waals surface area (Å²) in [5.41, 5.74) is 3.01. The van der Waals surface area contributed by atoms with Crippen molar-refractivity contribution in [2.75, 3.05) is 13.6 Å². The molecule has 1 fully saturated rings. The molecule has 2 aliphatic carbocycles. The highest BCUT2D eigenvalue weighted by atomic mass is 15.2. The molecule has 17 heavy (non-hydrogen) atoms. The predicted molar refractivity (Wildman–Crippen MR) is 70.4 cm³/mol. The fraction of sp³-hybridized carbons (Fsp3) is 0.500. The van der Waals surface area contributed by atoms with Crippen molar-refractivity contribution >= 4 is 5.96 Å². The zero-order valence-electron chi connectivity index (χ0n) is 10.2. The lowest BCUT2D eigenvalue weighted by molar-refractivity contribution is 0.583. The SMILES string of the molecule is CN=C(NCC1Cc2ccccc21)NC1CC1. The number of fused-ring (bicyclic) bond motifs is 1. The van der Waals surface area contributed by atoms with Gasteiger partial charge in [0.05, 0.1) is 0 Å². The monoisotopic (exact) mass is 229 g/mol. The molecule has 0 saturated heterocycles. The van der Waals surface area contributed by atoms with E-state index < -0.39 is 0 Å². The van der Waals surface area contributed by atoms with Gasteiger partial charge in [0.2, 0.25) is 0 Å². The largest absolute Gasteiger partial charge is 0.356 e. The first-order chi connectivity index (χ1) is 8.36. The van der Waals surface area contributed by atoms with Crippen molar-refractivity contribution in [3.05, 3.63) is 35.4 Å². The van der Waals surface area contributed by atoms with Gasteiger partial charge in [-0.15, -0.1) is 0 Å². The van der Waals surface area contributed by atoms with Crippen LogP contribution in [-0.4, -0.2) is 25.6 Å². The predicted octanol–water partition coefficient (Wildman–Crippen LogP) is 1.65. The summed E-state index contributed by atoms with van der Waals surface area (Å²) in [5.74, 6) is 1.61. The number of nitrogens with zero attached hydrogens (tertiary/aromatic N) is 1. The minimum Gasteiger partial charge on any atom is -0.356 e. The van der Waals surface area contributed by atoms with Gasteiger partial charge in [0.15, 0.2) is 5.96 Å². The van der Waals surface area contributed by atoms with E-state index in [0.717, 1.165) is 12.5 Å². The average molecular weight is 229 g/mol. The van der Waals surface area contributed by atoms with Gasteiger partial charge in [-0.1, -0.05) is 24.3 Å². The molecule has 0 aromatic heterocycles. The second-order valence-corrected chi connectivity index (χ2v) is 4.97. The molecule has 90 valence electrons. The third-order valence-electron chi connectivity index (χ3n) is 3.62. The van der Waals surface area contributed by atoms with Crippen LogP contribution in [0.25, 0.3) is 0 Å². The first-order valence-corrected chi connectivity index (χ1v) is 6.42. The van der Waals surface area contributed by atoms with E-state index in [1.165, 1.54) is 30.4 Å². The number of benzene rings is 1. The number of hydrogen-bond acceptors (Lipinski definition) is 1. The van der Waals surface area contributed by atoms with Crippen molar-refractivity contribution in [2.24, 2.45) is 4.99 Å². The third kappa shape index (κ3) is 2.28. The molecule has 0 radical (unpaired) electrons. The van der Waals surface area contributed by atoms with E-state index in [2.05, 4.69) is 39.9 Å². The van der Waals surface area contributed by atoms with Crippen LogP contribution >= 0.6 is 0 Å². The molecule has 2 aliphatic rings.